The lowest BCUT2D eigenvalue weighted by molar-refractivity contribution is 0.0741. The van der Waals surface area contributed by atoms with Crippen molar-refractivity contribution >= 4 is 38.5 Å². The second-order valence-corrected chi connectivity index (χ2v) is 11.4. The number of rotatable bonds is 4. The van der Waals surface area contributed by atoms with Gasteiger partial charge in [-0.25, -0.2) is 22.8 Å². The zero-order valence-electron chi connectivity index (χ0n) is 19.3. The molecule has 0 radical (unpaired) electrons. The zero-order chi connectivity index (χ0) is 25.0. The number of benzene rings is 2. The van der Waals surface area contributed by atoms with E-state index in [1.165, 1.54) is 27.1 Å². The summed E-state index contributed by atoms with van der Waals surface area (Å²) in [7, 11) is -3.94. The lowest BCUT2D eigenvalue weighted by Gasteiger charge is -2.25. The summed E-state index contributed by atoms with van der Waals surface area (Å²) in [5.41, 5.74) is 1.13. The van der Waals surface area contributed by atoms with Crippen LogP contribution in [0.2, 0.25) is 5.02 Å². The van der Waals surface area contributed by atoms with E-state index in [1.807, 2.05) is 24.3 Å². The predicted octanol–water partition coefficient (Wildman–Crippen LogP) is 4.13. The van der Waals surface area contributed by atoms with Crippen LogP contribution in [-0.4, -0.2) is 34.6 Å². The van der Waals surface area contributed by atoms with Crippen LogP contribution in [0.5, 0.6) is 0 Å². The summed E-state index contributed by atoms with van der Waals surface area (Å²) in [5, 5.41) is 10.6. The fourth-order valence-electron chi connectivity index (χ4n) is 4.41. The van der Waals surface area contributed by atoms with E-state index in [2.05, 4.69) is 9.97 Å². The number of imidazole rings is 1. The number of sulfonamides is 1. The molecular weight excluding hydrogens is 488 g/mol. The van der Waals surface area contributed by atoms with E-state index in [0.29, 0.717) is 23.4 Å². The quantitative estimate of drug-likeness (QED) is 0.427. The molecule has 0 fully saturated rings. The minimum absolute atomic E-state index is 0.0218. The monoisotopic (exact) mass is 512 g/mol. The number of H-pyrrole nitrogens is 1. The maximum Gasteiger partial charge on any atom is 0.332 e. The van der Waals surface area contributed by atoms with Gasteiger partial charge in [0.1, 0.15) is 5.60 Å². The Labute approximate surface area is 207 Å². The lowest BCUT2D eigenvalue weighted by atomic mass is 10.1. The summed E-state index contributed by atoms with van der Waals surface area (Å²) in [6.45, 7) is 3.55. The van der Waals surface area contributed by atoms with Crippen molar-refractivity contribution in [2.45, 2.75) is 43.6 Å². The van der Waals surface area contributed by atoms with Crippen LogP contribution in [0.25, 0.3) is 16.9 Å². The van der Waals surface area contributed by atoms with E-state index in [4.69, 9.17) is 11.6 Å². The van der Waals surface area contributed by atoms with E-state index < -0.39 is 21.3 Å². The summed E-state index contributed by atoms with van der Waals surface area (Å²) in [6, 6.07) is 15.1. The fourth-order valence-corrected chi connectivity index (χ4v) is 6.17. The Morgan fingerprint density at radius 3 is 2.60 bits per heavy atom. The van der Waals surface area contributed by atoms with Crippen LogP contribution < -0.4 is 9.99 Å². The number of aliphatic hydroxyl groups is 1. The first-order chi connectivity index (χ1) is 16.6. The third-order valence-corrected chi connectivity index (χ3v) is 8.35. The molecule has 1 aliphatic heterocycles. The van der Waals surface area contributed by atoms with Crippen molar-refractivity contribution in [2.75, 3.05) is 10.8 Å². The average Bonchev–Trinajstić information content (AvgIpc) is 2.98. The maximum absolute atomic E-state index is 13.8. The van der Waals surface area contributed by atoms with E-state index in [-0.39, 0.29) is 21.3 Å². The van der Waals surface area contributed by atoms with Crippen LogP contribution >= 0.6 is 11.6 Å². The molecule has 5 rings (SSSR count). The van der Waals surface area contributed by atoms with E-state index in [9.17, 15) is 18.3 Å². The second kappa shape index (κ2) is 8.51. The first-order valence-corrected chi connectivity index (χ1v) is 13.1. The largest absolute Gasteiger partial charge is 0.384 e. The molecule has 0 saturated carbocycles. The van der Waals surface area contributed by atoms with Crippen LogP contribution in [0, 0.1) is 0 Å². The van der Waals surface area contributed by atoms with Gasteiger partial charge in [-0.15, -0.1) is 0 Å². The number of para-hydroxylation sites is 1. The van der Waals surface area contributed by atoms with Crippen LogP contribution in [0.3, 0.4) is 0 Å². The molecule has 0 bridgehead atoms. The molecule has 1 aliphatic rings. The highest BCUT2D eigenvalue weighted by molar-refractivity contribution is 7.92. The van der Waals surface area contributed by atoms with Gasteiger partial charge in [-0.1, -0.05) is 29.8 Å². The molecule has 182 valence electrons. The molecular formula is C25H25ClN4O4S. The summed E-state index contributed by atoms with van der Waals surface area (Å²) < 4.78 is 30.3. The van der Waals surface area contributed by atoms with Crippen molar-refractivity contribution in [1.29, 1.82) is 0 Å². The number of nitrogens with one attached hydrogen (secondary N) is 1. The first kappa shape index (κ1) is 23.6. The molecule has 10 heteroatoms. The molecule has 2 N–H and O–H groups in total. The van der Waals surface area contributed by atoms with Gasteiger partial charge >= 0.3 is 5.69 Å². The highest BCUT2D eigenvalue weighted by Crippen LogP contribution is 2.33. The van der Waals surface area contributed by atoms with Crippen molar-refractivity contribution in [3.8, 4) is 5.69 Å². The highest BCUT2D eigenvalue weighted by atomic mass is 35.5. The van der Waals surface area contributed by atoms with Crippen LogP contribution in [0.1, 0.15) is 37.9 Å². The Kier molecular flexibility index (Phi) is 5.74. The number of aryl methyl sites for hydroxylation is 1. The van der Waals surface area contributed by atoms with Gasteiger partial charge in [0.25, 0.3) is 10.0 Å². The van der Waals surface area contributed by atoms with Gasteiger partial charge in [-0.3, -0.25) is 4.31 Å². The third-order valence-electron chi connectivity index (χ3n) is 6.22. The molecule has 2 aromatic carbocycles. The van der Waals surface area contributed by atoms with Gasteiger partial charge in [-0.2, -0.15) is 0 Å². The van der Waals surface area contributed by atoms with Crippen molar-refractivity contribution in [3.05, 3.63) is 81.4 Å². The smallest absolute Gasteiger partial charge is 0.332 e. The van der Waals surface area contributed by atoms with Crippen LogP contribution in [0.4, 0.5) is 5.69 Å². The van der Waals surface area contributed by atoms with Crippen LogP contribution in [0.15, 0.2) is 64.3 Å². The summed E-state index contributed by atoms with van der Waals surface area (Å²) in [6.07, 6.45) is 2.45. The zero-order valence-corrected chi connectivity index (χ0v) is 20.9. The number of hydrogen-bond acceptors (Lipinski definition) is 5. The number of anilines is 1. The Morgan fingerprint density at radius 2 is 1.83 bits per heavy atom. The number of fused-ring (bicyclic) bond motifs is 2. The Hall–Kier alpha value is -3.14. The number of aromatic amines is 1. The van der Waals surface area contributed by atoms with E-state index >= 15 is 0 Å². The summed E-state index contributed by atoms with van der Waals surface area (Å²) in [4.78, 5) is 20.1. The second-order valence-electron chi connectivity index (χ2n) is 9.17. The SMILES string of the molecule is CC(C)(O)c1ccc2[nH]c(=O)n(-c3cc(S(=O)(=O)N4CCCCc5ccccc54)ccc3Cl)c2n1. The Bertz CT molecular complexity index is 1600. The average molecular weight is 513 g/mol. The molecule has 0 spiro atoms. The Balaban J connectivity index is 1.67. The molecule has 0 unspecified atom stereocenters. The van der Waals surface area contributed by atoms with Gasteiger partial charge in [0.05, 0.1) is 32.5 Å². The highest BCUT2D eigenvalue weighted by Gasteiger charge is 2.29. The maximum atomic E-state index is 13.8. The predicted molar refractivity (Wildman–Crippen MR) is 136 cm³/mol. The lowest BCUT2D eigenvalue weighted by Crippen LogP contribution is -2.32. The molecule has 0 saturated heterocycles. The molecule has 0 amide bonds. The molecule has 4 aromatic rings. The summed E-state index contributed by atoms with van der Waals surface area (Å²) >= 11 is 6.47. The standard InChI is InChI=1S/C25H25ClN4O4S/c1-25(2,32)22-13-12-19-23(28-22)30(24(31)27-19)21-15-17(10-11-18(21)26)35(33,34)29-14-6-5-8-16-7-3-4-9-20(16)29/h3-4,7,9-13,15,32H,5-6,8,14H2,1-2H3,(H,27,31). The number of pyridine rings is 1. The van der Waals surface area contributed by atoms with Gasteiger partial charge < -0.3 is 10.1 Å². The minimum Gasteiger partial charge on any atom is -0.384 e. The van der Waals surface area contributed by atoms with Crippen LogP contribution in [-0.2, 0) is 22.0 Å². The molecule has 0 atom stereocenters. The third kappa shape index (κ3) is 4.13. The number of hydrogen-bond donors (Lipinski definition) is 2. The molecule has 35 heavy (non-hydrogen) atoms. The first-order valence-electron chi connectivity index (χ1n) is 11.3. The normalized spacial score (nSPS) is 14.7. The van der Waals surface area contributed by atoms with E-state index in [1.54, 1.807) is 26.0 Å². The molecule has 3 heterocycles. The van der Waals surface area contributed by atoms with E-state index in [0.717, 1.165) is 24.8 Å². The molecule has 2 aromatic heterocycles. The molecule has 8 nitrogen and oxygen atoms in total. The van der Waals surface area contributed by atoms with Gasteiger partial charge in [0, 0.05) is 6.54 Å². The van der Waals surface area contributed by atoms with Gasteiger partial charge in [0.2, 0.25) is 0 Å². The van der Waals surface area contributed by atoms with Crippen molar-refractivity contribution < 1.29 is 13.5 Å². The molecule has 0 aliphatic carbocycles. The van der Waals surface area contributed by atoms with Crippen molar-refractivity contribution in [3.63, 3.8) is 0 Å². The van der Waals surface area contributed by atoms with Crippen molar-refractivity contribution in [2.24, 2.45) is 0 Å². The van der Waals surface area contributed by atoms with Gasteiger partial charge in [-0.05, 0) is 75.1 Å². The number of halogens is 1. The topological polar surface area (TPSA) is 108 Å². The number of aromatic nitrogens is 3. The van der Waals surface area contributed by atoms with Gasteiger partial charge in [0.15, 0.2) is 5.65 Å². The van der Waals surface area contributed by atoms with Crippen molar-refractivity contribution in [1.82, 2.24) is 14.5 Å². The number of nitrogens with zero attached hydrogens (tertiary/aromatic N) is 3. The fraction of sp³-hybridized carbons (Fsp3) is 0.280. The Morgan fingerprint density at radius 1 is 1.06 bits per heavy atom. The minimum atomic E-state index is -3.94. The summed E-state index contributed by atoms with van der Waals surface area (Å²) in [5.74, 6) is 0.